The van der Waals surface area contributed by atoms with Crippen molar-refractivity contribution < 1.29 is 23.6 Å². The summed E-state index contributed by atoms with van der Waals surface area (Å²) in [7, 11) is 0. The number of nitrogens with two attached hydrogens (primary N) is 2. The number of aromatic nitrogens is 2. The van der Waals surface area contributed by atoms with Crippen LogP contribution in [0.25, 0.3) is 10.9 Å². The number of fused-ring (bicyclic) bond motifs is 1. The molecule has 38 heavy (non-hydrogen) atoms. The Labute approximate surface area is 222 Å². The minimum atomic E-state index is -0.793. The van der Waals surface area contributed by atoms with Crippen molar-refractivity contribution in [2.45, 2.75) is 38.4 Å². The minimum absolute atomic E-state index is 0.0432. The zero-order chi connectivity index (χ0) is 27.4. The zero-order valence-electron chi connectivity index (χ0n) is 20.4. The quantitative estimate of drug-likeness (QED) is 0.286. The summed E-state index contributed by atoms with van der Waals surface area (Å²) >= 11 is 5.79. The molecule has 0 bridgehead atoms. The maximum Gasteiger partial charge on any atom is 0.269 e. The van der Waals surface area contributed by atoms with E-state index in [1.807, 2.05) is 0 Å². The topological polar surface area (TPSA) is 165 Å². The van der Waals surface area contributed by atoms with Crippen LogP contribution in [0.5, 0.6) is 0 Å². The Morgan fingerprint density at radius 3 is 2.61 bits per heavy atom. The lowest BCUT2D eigenvalue weighted by atomic mass is 10.1. The van der Waals surface area contributed by atoms with E-state index >= 15 is 0 Å². The van der Waals surface area contributed by atoms with Crippen molar-refractivity contribution in [2.75, 3.05) is 18.4 Å². The molecular weight excluding hydrogens is 517 g/mol. The molecule has 1 heterocycles. The Hall–Kier alpha value is -4.03. The van der Waals surface area contributed by atoms with Gasteiger partial charge in [-0.2, -0.15) is 5.10 Å². The van der Waals surface area contributed by atoms with Crippen molar-refractivity contribution in [1.29, 1.82) is 0 Å². The van der Waals surface area contributed by atoms with Gasteiger partial charge in [0.15, 0.2) is 5.69 Å². The molecule has 0 saturated heterocycles. The Balaban J connectivity index is 1.48. The first-order valence-corrected chi connectivity index (χ1v) is 12.3. The summed E-state index contributed by atoms with van der Waals surface area (Å²) in [5.41, 5.74) is 12.0. The summed E-state index contributed by atoms with van der Waals surface area (Å²) in [6.07, 6.45) is 1.63. The number of halogens is 2. The fourth-order valence-corrected chi connectivity index (χ4v) is 4.22. The molecule has 1 saturated carbocycles. The third-order valence-corrected chi connectivity index (χ3v) is 6.35. The Morgan fingerprint density at radius 2 is 1.92 bits per heavy atom. The summed E-state index contributed by atoms with van der Waals surface area (Å²) < 4.78 is 15.5. The Kier molecular flexibility index (Phi) is 8.23. The first-order chi connectivity index (χ1) is 18.2. The number of benzene rings is 2. The van der Waals surface area contributed by atoms with E-state index < -0.39 is 17.6 Å². The summed E-state index contributed by atoms with van der Waals surface area (Å²) in [5.74, 6) is -2.52. The maximum absolute atomic E-state index is 14.1. The second kappa shape index (κ2) is 11.6. The summed E-state index contributed by atoms with van der Waals surface area (Å²) in [6.45, 7) is -0.345. The van der Waals surface area contributed by atoms with Crippen molar-refractivity contribution in [1.82, 2.24) is 20.0 Å². The van der Waals surface area contributed by atoms with Gasteiger partial charge in [-0.05, 0) is 37.1 Å². The predicted octanol–water partition coefficient (Wildman–Crippen LogP) is 1.52. The van der Waals surface area contributed by atoms with Crippen molar-refractivity contribution >= 4 is 51.8 Å². The summed E-state index contributed by atoms with van der Waals surface area (Å²) in [6, 6.07) is 9.20. The number of nitrogens with one attached hydrogen (secondary N) is 2. The predicted molar refractivity (Wildman–Crippen MR) is 139 cm³/mol. The standard InChI is InChI=1S/C25H27ClFN7O4/c26-18-3-1-2-14(23(18)27)11-30-21(36)12-33(16-5-6-16)22(37)13-34-19-7-4-15(31-20(35)8-9-28)10-17(19)24(32-34)25(29)38/h1-4,7,10,16H,5-6,8-9,11-13,28H2,(H2,29,38)(H,30,36)(H,31,35). The molecular formula is C25H27ClFN7O4. The highest BCUT2D eigenvalue weighted by atomic mass is 35.5. The van der Waals surface area contributed by atoms with Gasteiger partial charge in [0.05, 0.1) is 17.1 Å². The molecule has 0 radical (unpaired) electrons. The number of carbonyl (C=O) groups is 4. The highest BCUT2D eigenvalue weighted by molar-refractivity contribution is 6.30. The van der Waals surface area contributed by atoms with Crippen LogP contribution in [0.4, 0.5) is 10.1 Å². The van der Waals surface area contributed by atoms with Gasteiger partial charge < -0.3 is 27.0 Å². The fourth-order valence-electron chi connectivity index (χ4n) is 4.03. The van der Waals surface area contributed by atoms with Gasteiger partial charge in [-0.1, -0.05) is 23.7 Å². The second-order valence-electron chi connectivity index (χ2n) is 8.93. The van der Waals surface area contributed by atoms with Crippen molar-refractivity contribution in [3.63, 3.8) is 0 Å². The number of carbonyl (C=O) groups excluding carboxylic acids is 4. The van der Waals surface area contributed by atoms with Crippen LogP contribution >= 0.6 is 11.6 Å². The third kappa shape index (κ3) is 6.26. The molecule has 1 aliphatic carbocycles. The lowest BCUT2D eigenvalue weighted by Gasteiger charge is -2.22. The number of rotatable bonds is 11. The van der Waals surface area contributed by atoms with E-state index in [-0.39, 0.29) is 66.7 Å². The van der Waals surface area contributed by atoms with Gasteiger partial charge in [-0.25, -0.2) is 4.39 Å². The van der Waals surface area contributed by atoms with E-state index in [4.69, 9.17) is 23.1 Å². The molecule has 1 fully saturated rings. The van der Waals surface area contributed by atoms with Crippen LogP contribution < -0.4 is 22.1 Å². The first-order valence-electron chi connectivity index (χ1n) is 12.0. The van der Waals surface area contributed by atoms with E-state index in [1.165, 1.54) is 21.7 Å². The third-order valence-electron chi connectivity index (χ3n) is 6.05. The molecule has 200 valence electrons. The van der Waals surface area contributed by atoms with Crippen LogP contribution in [0.15, 0.2) is 36.4 Å². The molecule has 0 aliphatic heterocycles. The maximum atomic E-state index is 14.1. The minimum Gasteiger partial charge on any atom is -0.364 e. The largest absolute Gasteiger partial charge is 0.364 e. The molecule has 4 amide bonds. The Morgan fingerprint density at radius 1 is 1.16 bits per heavy atom. The molecule has 1 aliphatic rings. The second-order valence-corrected chi connectivity index (χ2v) is 9.34. The van der Waals surface area contributed by atoms with Gasteiger partial charge in [0, 0.05) is 42.2 Å². The molecule has 4 rings (SSSR count). The molecule has 1 aromatic heterocycles. The molecule has 11 nitrogen and oxygen atoms in total. The first kappa shape index (κ1) is 27.0. The molecule has 3 aromatic rings. The normalized spacial score (nSPS) is 12.8. The van der Waals surface area contributed by atoms with Crippen LogP contribution in [0.2, 0.25) is 5.02 Å². The zero-order valence-corrected chi connectivity index (χ0v) is 21.1. The average molecular weight is 544 g/mol. The van der Waals surface area contributed by atoms with E-state index in [0.29, 0.717) is 16.6 Å². The lowest BCUT2D eigenvalue weighted by Crippen LogP contribution is -2.43. The van der Waals surface area contributed by atoms with Gasteiger partial charge in [0.2, 0.25) is 17.7 Å². The van der Waals surface area contributed by atoms with Crippen LogP contribution in [-0.2, 0) is 27.5 Å². The molecule has 0 atom stereocenters. The van der Waals surface area contributed by atoms with Gasteiger partial charge >= 0.3 is 0 Å². The van der Waals surface area contributed by atoms with Gasteiger partial charge in [-0.15, -0.1) is 0 Å². The van der Waals surface area contributed by atoms with E-state index in [2.05, 4.69) is 15.7 Å². The average Bonchev–Trinajstić information content (AvgIpc) is 3.65. The number of hydrogen-bond donors (Lipinski definition) is 4. The van der Waals surface area contributed by atoms with Crippen LogP contribution in [0.1, 0.15) is 35.3 Å². The molecule has 2 aromatic carbocycles. The van der Waals surface area contributed by atoms with E-state index in [9.17, 15) is 23.6 Å². The van der Waals surface area contributed by atoms with Crippen molar-refractivity contribution in [3.8, 4) is 0 Å². The SMILES string of the molecule is NCCC(=O)Nc1ccc2c(c1)c(C(N)=O)nn2CC(=O)N(CC(=O)NCc1cccc(Cl)c1F)C1CC1. The highest BCUT2D eigenvalue weighted by Gasteiger charge is 2.34. The molecule has 0 unspecified atom stereocenters. The van der Waals surface area contributed by atoms with Crippen LogP contribution in [-0.4, -0.2) is 57.4 Å². The summed E-state index contributed by atoms with van der Waals surface area (Å²) in [4.78, 5) is 51.2. The number of hydrogen-bond acceptors (Lipinski definition) is 6. The van der Waals surface area contributed by atoms with Crippen LogP contribution in [0, 0.1) is 5.82 Å². The Bertz CT molecular complexity index is 1410. The van der Waals surface area contributed by atoms with Gasteiger partial charge in [-0.3, -0.25) is 23.9 Å². The molecule has 0 spiro atoms. The smallest absolute Gasteiger partial charge is 0.269 e. The van der Waals surface area contributed by atoms with Crippen LogP contribution in [0.3, 0.4) is 0 Å². The highest BCUT2D eigenvalue weighted by Crippen LogP contribution is 2.28. The number of amides is 4. The van der Waals surface area contributed by atoms with Gasteiger partial charge in [0.25, 0.3) is 5.91 Å². The van der Waals surface area contributed by atoms with E-state index in [0.717, 1.165) is 12.8 Å². The van der Waals surface area contributed by atoms with E-state index in [1.54, 1.807) is 24.3 Å². The van der Waals surface area contributed by atoms with Crippen molar-refractivity contribution in [2.24, 2.45) is 11.5 Å². The number of primary amides is 1. The molecule has 6 N–H and O–H groups in total. The van der Waals surface area contributed by atoms with Crippen molar-refractivity contribution in [3.05, 3.63) is 58.5 Å². The number of nitrogens with zero attached hydrogens (tertiary/aromatic N) is 3. The molecule has 13 heteroatoms. The lowest BCUT2D eigenvalue weighted by molar-refractivity contribution is -0.137. The summed E-state index contributed by atoms with van der Waals surface area (Å²) in [5, 5.41) is 9.86. The monoisotopic (exact) mass is 543 g/mol. The fraction of sp³-hybridized carbons (Fsp3) is 0.320. The van der Waals surface area contributed by atoms with Gasteiger partial charge in [0.1, 0.15) is 12.4 Å². The number of anilines is 1.